The number of carbonyl (C=O) groups excluding carboxylic acids is 2. The van der Waals surface area contributed by atoms with Crippen molar-refractivity contribution in [3.63, 3.8) is 0 Å². The van der Waals surface area contributed by atoms with Crippen molar-refractivity contribution < 1.29 is 14.1 Å². The highest BCUT2D eigenvalue weighted by Crippen LogP contribution is 2.24. The van der Waals surface area contributed by atoms with E-state index in [9.17, 15) is 9.59 Å². The molecule has 136 valence electrons. The van der Waals surface area contributed by atoms with Crippen LogP contribution < -0.4 is 5.32 Å². The van der Waals surface area contributed by atoms with Gasteiger partial charge in [0.25, 0.3) is 0 Å². The van der Waals surface area contributed by atoms with Crippen molar-refractivity contribution in [3.05, 3.63) is 46.8 Å². The summed E-state index contributed by atoms with van der Waals surface area (Å²) in [7, 11) is 0. The van der Waals surface area contributed by atoms with Gasteiger partial charge in [-0.1, -0.05) is 17.3 Å². The molecule has 7 heteroatoms. The number of aromatic nitrogens is 1. The van der Waals surface area contributed by atoms with Gasteiger partial charge >= 0.3 is 0 Å². The normalized spacial score (nSPS) is 17.3. The van der Waals surface area contributed by atoms with E-state index < -0.39 is 0 Å². The van der Waals surface area contributed by atoms with Gasteiger partial charge in [-0.05, 0) is 24.1 Å². The second-order valence-electron chi connectivity index (χ2n) is 6.98. The Kier molecular flexibility index (Phi) is 4.46. The highest BCUT2D eigenvalue weighted by molar-refractivity contribution is 5.99. The van der Waals surface area contributed by atoms with E-state index in [-0.39, 0.29) is 11.8 Å². The van der Waals surface area contributed by atoms with Crippen LogP contribution in [0.5, 0.6) is 0 Å². The molecule has 0 atom stereocenters. The molecule has 1 N–H and O–H groups in total. The summed E-state index contributed by atoms with van der Waals surface area (Å²) >= 11 is 0. The number of rotatable bonds is 4. The van der Waals surface area contributed by atoms with E-state index in [2.05, 4.69) is 15.4 Å². The predicted molar refractivity (Wildman–Crippen MR) is 95.6 cm³/mol. The predicted octanol–water partition coefficient (Wildman–Crippen LogP) is 1.36. The number of nitrogens with zero attached hydrogens (tertiary/aromatic N) is 3. The van der Waals surface area contributed by atoms with Gasteiger partial charge in [0.1, 0.15) is 5.76 Å². The van der Waals surface area contributed by atoms with Crippen molar-refractivity contribution in [1.82, 2.24) is 15.0 Å². The van der Waals surface area contributed by atoms with Gasteiger partial charge < -0.3 is 14.7 Å². The van der Waals surface area contributed by atoms with E-state index in [0.29, 0.717) is 12.8 Å². The summed E-state index contributed by atoms with van der Waals surface area (Å²) in [5.74, 6) is 0.965. The Hall–Kier alpha value is -2.67. The lowest BCUT2D eigenvalue weighted by Gasteiger charge is -2.34. The molecule has 3 heterocycles. The molecule has 1 aromatic heterocycles. The van der Waals surface area contributed by atoms with Crippen molar-refractivity contribution in [2.24, 2.45) is 0 Å². The van der Waals surface area contributed by atoms with Gasteiger partial charge in [-0.15, -0.1) is 0 Å². The number of hydrogen-bond donors (Lipinski definition) is 1. The summed E-state index contributed by atoms with van der Waals surface area (Å²) in [6, 6.07) is 7.75. The molecule has 0 bridgehead atoms. The summed E-state index contributed by atoms with van der Waals surface area (Å²) < 4.78 is 5.10. The second-order valence-corrected chi connectivity index (χ2v) is 6.98. The first-order valence-corrected chi connectivity index (χ1v) is 8.91. The number of fused-ring (bicyclic) bond motifs is 1. The van der Waals surface area contributed by atoms with Gasteiger partial charge in [0, 0.05) is 44.5 Å². The van der Waals surface area contributed by atoms with Crippen molar-refractivity contribution in [2.75, 3.05) is 31.5 Å². The Morgan fingerprint density at radius 1 is 1.23 bits per heavy atom. The first-order chi connectivity index (χ1) is 12.6. The number of nitrogens with one attached hydrogen (secondary N) is 1. The number of carbonyl (C=O) groups is 2. The standard InChI is InChI=1S/C19H22N4O3/c1-13-8-16(21-26-13)12-22-4-6-23(7-5-22)19(25)10-14-2-3-15-11-18(24)20-17(15)9-14/h2-3,8-9H,4-7,10-12H2,1H3,(H,20,24). The molecule has 0 saturated carbocycles. The van der Waals surface area contributed by atoms with Crippen molar-refractivity contribution in [2.45, 2.75) is 26.3 Å². The lowest BCUT2D eigenvalue weighted by atomic mass is 10.1. The number of anilines is 1. The summed E-state index contributed by atoms with van der Waals surface area (Å²) in [5, 5.41) is 6.86. The Morgan fingerprint density at radius 3 is 2.77 bits per heavy atom. The molecule has 2 aromatic rings. The van der Waals surface area contributed by atoms with Gasteiger partial charge in [0.05, 0.1) is 18.5 Å². The van der Waals surface area contributed by atoms with Crippen LogP contribution in [0.1, 0.15) is 22.6 Å². The van der Waals surface area contributed by atoms with E-state index in [4.69, 9.17) is 4.52 Å². The number of benzene rings is 1. The molecule has 2 aliphatic heterocycles. The maximum absolute atomic E-state index is 12.6. The van der Waals surface area contributed by atoms with Gasteiger partial charge in [0.2, 0.25) is 11.8 Å². The maximum Gasteiger partial charge on any atom is 0.228 e. The summed E-state index contributed by atoms with van der Waals surface area (Å²) in [4.78, 5) is 28.2. The number of amides is 2. The first-order valence-electron chi connectivity index (χ1n) is 8.91. The average Bonchev–Trinajstić information content (AvgIpc) is 3.19. The highest BCUT2D eigenvalue weighted by atomic mass is 16.5. The fourth-order valence-corrected chi connectivity index (χ4v) is 3.53. The molecular formula is C19H22N4O3. The van der Waals surface area contributed by atoms with Crippen molar-refractivity contribution in [1.29, 1.82) is 0 Å². The molecule has 1 aromatic carbocycles. The molecule has 7 nitrogen and oxygen atoms in total. The molecule has 4 rings (SSSR count). The number of aryl methyl sites for hydroxylation is 1. The fraction of sp³-hybridized carbons (Fsp3) is 0.421. The van der Waals surface area contributed by atoms with E-state index in [0.717, 1.165) is 61.0 Å². The third kappa shape index (κ3) is 3.62. The Labute approximate surface area is 151 Å². The Morgan fingerprint density at radius 2 is 2.04 bits per heavy atom. The molecule has 0 aliphatic carbocycles. The average molecular weight is 354 g/mol. The maximum atomic E-state index is 12.6. The summed E-state index contributed by atoms with van der Waals surface area (Å²) in [5.41, 5.74) is 3.72. The van der Waals surface area contributed by atoms with Crippen LogP contribution in [0.4, 0.5) is 5.69 Å². The van der Waals surface area contributed by atoms with E-state index in [1.54, 1.807) is 0 Å². The van der Waals surface area contributed by atoms with E-state index in [1.165, 1.54) is 0 Å². The van der Waals surface area contributed by atoms with Crippen LogP contribution in [0.15, 0.2) is 28.8 Å². The molecular weight excluding hydrogens is 332 g/mol. The number of hydrogen-bond acceptors (Lipinski definition) is 5. The van der Waals surface area contributed by atoms with Gasteiger partial charge in [0.15, 0.2) is 0 Å². The largest absolute Gasteiger partial charge is 0.361 e. The molecule has 0 spiro atoms. The minimum atomic E-state index is 0.0157. The smallest absolute Gasteiger partial charge is 0.228 e. The zero-order chi connectivity index (χ0) is 18.1. The van der Waals surface area contributed by atoms with Crippen LogP contribution in [-0.2, 0) is 29.0 Å². The summed E-state index contributed by atoms with van der Waals surface area (Å²) in [6.45, 7) is 5.74. The molecule has 0 unspecified atom stereocenters. The van der Waals surface area contributed by atoms with Gasteiger partial charge in [-0.25, -0.2) is 0 Å². The number of piperazine rings is 1. The molecule has 0 radical (unpaired) electrons. The van der Waals surface area contributed by atoms with Crippen LogP contribution in [0.3, 0.4) is 0 Å². The topological polar surface area (TPSA) is 78.7 Å². The monoisotopic (exact) mass is 354 g/mol. The van der Waals surface area contributed by atoms with Crippen LogP contribution in [0, 0.1) is 6.92 Å². The third-order valence-corrected chi connectivity index (χ3v) is 4.94. The van der Waals surface area contributed by atoms with E-state index in [1.807, 2.05) is 36.1 Å². The zero-order valence-electron chi connectivity index (χ0n) is 14.8. The quantitative estimate of drug-likeness (QED) is 0.897. The SMILES string of the molecule is Cc1cc(CN2CCN(C(=O)Cc3ccc4c(c3)NC(=O)C4)CC2)no1. The van der Waals surface area contributed by atoms with Crippen LogP contribution in [0.25, 0.3) is 0 Å². The lowest BCUT2D eigenvalue weighted by molar-refractivity contribution is -0.132. The minimum Gasteiger partial charge on any atom is -0.361 e. The molecule has 2 amide bonds. The summed E-state index contributed by atoms with van der Waals surface area (Å²) in [6.07, 6.45) is 0.794. The van der Waals surface area contributed by atoms with Crippen molar-refractivity contribution in [3.8, 4) is 0 Å². The minimum absolute atomic E-state index is 0.0157. The lowest BCUT2D eigenvalue weighted by Crippen LogP contribution is -2.48. The van der Waals surface area contributed by atoms with Crippen LogP contribution in [-0.4, -0.2) is 52.9 Å². The third-order valence-electron chi connectivity index (χ3n) is 4.94. The van der Waals surface area contributed by atoms with Gasteiger partial charge in [-0.2, -0.15) is 0 Å². The molecule has 1 fully saturated rings. The Balaban J connectivity index is 1.30. The molecule has 26 heavy (non-hydrogen) atoms. The zero-order valence-corrected chi connectivity index (χ0v) is 14.8. The van der Waals surface area contributed by atoms with E-state index >= 15 is 0 Å². The second kappa shape index (κ2) is 6.92. The first kappa shape index (κ1) is 16.8. The van der Waals surface area contributed by atoms with Crippen LogP contribution in [0.2, 0.25) is 0 Å². The van der Waals surface area contributed by atoms with Gasteiger partial charge in [-0.3, -0.25) is 14.5 Å². The van der Waals surface area contributed by atoms with Crippen LogP contribution >= 0.6 is 0 Å². The highest BCUT2D eigenvalue weighted by Gasteiger charge is 2.23. The molecule has 2 aliphatic rings. The molecule has 1 saturated heterocycles. The fourth-order valence-electron chi connectivity index (χ4n) is 3.53. The Bertz CT molecular complexity index is 837. The van der Waals surface area contributed by atoms with Crippen molar-refractivity contribution >= 4 is 17.5 Å².